The highest BCUT2D eigenvalue weighted by atomic mass is 35.5. The molecular formula is C48H42ClF3N10O6. The van der Waals surface area contributed by atoms with E-state index in [-0.39, 0.29) is 61.5 Å². The van der Waals surface area contributed by atoms with Gasteiger partial charge in [-0.1, -0.05) is 48.5 Å². The van der Waals surface area contributed by atoms with E-state index >= 15 is 0 Å². The van der Waals surface area contributed by atoms with E-state index in [9.17, 15) is 37.1 Å². The average molecular weight is 947 g/mol. The minimum absolute atomic E-state index is 0.0297. The van der Waals surface area contributed by atoms with Crippen LogP contribution in [0.5, 0.6) is 11.5 Å². The van der Waals surface area contributed by atoms with E-state index in [1.807, 2.05) is 54.6 Å². The van der Waals surface area contributed by atoms with Crippen LogP contribution >= 0.6 is 11.6 Å². The Hall–Kier alpha value is -7.80. The number of aromatic nitrogens is 4. The number of nitrogens with one attached hydrogen (secondary N) is 2. The molecule has 0 bridgehead atoms. The van der Waals surface area contributed by atoms with Gasteiger partial charge in [-0.25, -0.2) is 19.4 Å². The molecule has 3 aliphatic heterocycles. The molecule has 4 aromatic carbocycles. The fourth-order valence-electron chi connectivity index (χ4n) is 8.77. The molecule has 1 unspecified atom stereocenters. The van der Waals surface area contributed by atoms with Crippen molar-refractivity contribution in [1.29, 1.82) is 0 Å². The lowest BCUT2D eigenvalue weighted by Gasteiger charge is -2.34. The van der Waals surface area contributed by atoms with Gasteiger partial charge in [0.1, 0.15) is 35.4 Å². The number of nitrogen functional groups attached to an aromatic ring is 1. The zero-order valence-corrected chi connectivity index (χ0v) is 36.9. The third kappa shape index (κ3) is 9.16. The number of piperidine rings is 2. The summed E-state index contributed by atoms with van der Waals surface area (Å²) in [5, 5.41) is 9.90. The van der Waals surface area contributed by atoms with Gasteiger partial charge in [0.2, 0.25) is 11.8 Å². The minimum Gasteiger partial charge on any atom is -0.457 e. The summed E-state index contributed by atoms with van der Waals surface area (Å²) >= 11 is 6.13. The van der Waals surface area contributed by atoms with Gasteiger partial charge < -0.3 is 25.6 Å². The van der Waals surface area contributed by atoms with Crippen molar-refractivity contribution in [3.8, 4) is 22.8 Å². The van der Waals surface area contributed by atoms with Gasteiger partial charge in [0, 0.05) is 55.0 Å². The second-order valence-corrected chi connectivity index (χ2v) is 17.0. The molecular weight excluding hydrogens is 905 g/mol. The van der Waals surface area contributed by atoms with Crippen LogP contribution in [0, 0.1) is 0 Å². The fraction of sp³-hybridized carbons (Fsp3) is 0.250. The van der Waals surface area contributed by atoms with Gasteiger partial charge >= 0.3 is 12.2 Å². The predicted molar refractivity (Wildman–Crippen MR) is 244 cm³/mol. The number of fused-ring (bicyclic) bond motifs is 2. The molecule has 9 rings (SSSR count). The van der Waals surface area contributed by atoms with Gasteiger partial charge in [0.15, 0.2) is 5.65 Å². The molecule has 3 aliphatic rings. The number of para-hydroxylation sites is 1. The monoisotopic (exact) mass is 946 g/mol. The standard InChI is InChI=1S/C48H42ClF3N10O6/c1-27(45(65)59-19-5-6-32(25-59)62-43-40(42(53)55-26-56-43)41(58-62)29-10-13-34(14-11-29)68-33-7-3-2-4-8-33)23-60(31-12-16-36(37(49)21-31)48(50,51)52)47(67)54-22-28-9-15-35-30(20-28)24-61(46(35)66)38-17-18-39(63)57-44(38)64/h2-4,7-16,20-21,26,32,38H,1,5-6,17-19,22-25H2,(H,54,67)(H2,53,55,56)(H,57,63,64)/t32-,38?/m1/s1. The molecule has 0 saturated carbocycles. The molecule has 16 nitrogen and oxygen atoms in total. The van der Waals surface area contributed by atoms with E-state index in [1.165, 1.54) is 11.2 Å². The molecule has 0 aliphatic carbocycles. The van der Waals surface area contributed by atoms with Gasteiger partial charge in [-0.2, -0.15) is 18.3 Å². The maximum Gasteiger partial charge on any atom is 0.417 e. The molecule has 6 aromatic rings. The van der Waals surface area contributed by atoms with Crippen LogP contribution in [0.2, 0.25) is 5.02 Å². The first kappa shape index (κ1) is 45.4. The van der Waals surface area contributed by atoms with Crippen molar-refractivity contribution in [1.82, 2.24) is 40.2 Å². The van der Waals surface area contributed by atoms with Crippen molar-refractivity contribution in [2.24, 2.45) is 0 Å². The molecule has 6 amide bonds. The fourth-order valence-corrected chi connectivity index (χ4v) is 9.05. The Kier molecular flexibility index (Phi) is 12.3. The number of alkyl halides is 3. The second-order valence-electron chi connectivity index (χ2n) is 16.6. The number of nitrogens with two attached hydrogens (primary N) is 1. The highest BCUT2D eigenvalue weighted by molar-refractivity contribution is 6.31. The number of benzene rings is 4. The highest BCUT2D eigenvalue weighted by Gasteiger charge is 2.39. The molecule has 2 aromatic heterocycles. The quantitative estimate of drug-likeness (QED) is 0.0867. The molecule has 5 heterocycles. The molecule has 0 radical (unpaired) electrons. The number of anilines is 2. The lowest BCUT2D eigenvalue weighted by atomic mass is 10.0. The van der Waals surface area contributed by atoms with E-state index in [2.05, 4.69) is 27.2 Å². The Morgan fingerprint density at radius 2 is 1.74 bits per heavy atom. The largest absolute Gasteiger partial charge is 0.457 e. The zero-order valence-electron chi connectivity index (χ0n) is 36.1. The van der Waals surface area contributed by atoms with E-state index in [0.717, 1.165) is 28.7 Å². The van der Waals surface area contributed by atoms with Crippen LogP contribution in [0.1, 0.15) is 58.8 Å². The van der Waals surface area contributed by atoms with Crippen molar-refractivity contribution >= 4 is 63.8 Å². The molecule has 20 heteroatoms. The zero-order chi connectivity index (χ0) is 47.9. The highest BCUT2D eigenvalue weighted by Crippen LogP contribution is 2.38. The Morgan fingerprint density at radius 1 is 0.971 bits per heavy atom. The molecule has 2 atom stereocenters. The second kappa shape index (κ2) is 18.5. The lowest BCUT2D eigenvalue weighted by molar-refractivity contribution is -0.138. The first-order valence-corrected chi connectivity index (χ1v) is 22.0. The topological polar surface area (TPSA) is 198 Å². The van der Waals surface area contributed by atoms with Crippen LogP contribution in [-0.2, 0) is 33.6 Å². The maximum absolute atomic E-state index is 14.2. The number of nitrogens with zero attached hydrogens (tertiary/aromatic N) is 7. The summed E-state index contributed by atoms with van der Waals surface area (Å²) in [5.41, 5.74) is 8.55. The first-order chi connectivity index (χ1) is 32.6. The number of hydrogen-bond donors (Lipinski definition) is 3. The minimum atomic E-state index is -4.77. The number of amides is 6. The average Bonchev–Trinajstić information content (AvgIpc) is 3.88. The van der Waals surface area contributed by atoms with Crippen LogP contribution in [0.4, 0.5) is 29.5 Å². The number of carbonyl (C=O) groups is 5. The normalized spacial score (nSPS) is 17.2. The van der Waals surface area contributed by atoms with Gasteiger partial charge in [-0.15, -0.1) is 0 Å². The van der Waals surface area contributed by atoms with Crippen LogP contribution in [0.3, 0.4) is 0 Å². The number of hydrogen-bond acceptors (Lipinski definition) is 10. The van der Waals surface area contributed by atoms with Gasteiger partial charge in [0.25, 0.3) is 11.8 Å². The summed E-state index contributed by atoms with van der Waals surface area (Å²) in [6, 6.07) is 22.5. The molecule has 2 saturated heterocycles. The maximum atomic E-state index is 14.2. The third-order valence-electron chi connectivity index (χ3n) is 12.2. The third-order valence-corrected chi connectivity index (χ3v) is 12.5. The summed E-state index contributed by atoms with van der Waals surface area (Å²) < 4.78 is 49.0. The van der Waals surface area contributed by atoms with Crippen molar-refractivity contribution in [2.75, 3.05) is 30.3 Å². The van der Waals surface area contributed by atoms with Crippen molar-refractivity contribution in [3.63, 3.8) is 0 Å². The number of ether oxygens (including phenoxy) is 1. The number of likely N-dealkylation sites (tertiary alicyclic amines) is 1. The van der Waals surface area contributed by atoms with E-state index in [4.69, 9.17) is 27.2 Å². The Morgan fingerprint density at radius 3 is 2.47 bits per heavy atom. The van der Waals surface area contributed by atoms with E-state index in [0.29, 0.717) is 64.3 Å². The summed E-state index contributed by atoms with van der Waals surface area (Å²) in [7, 11) is 0. The number of rotatable bonds is 11. The smallest absolute Gasteiger partial charge is 0.417 e. The van der Waals surface area contributed by atoms with Gasteiger partial charge in [0.05, 0.1) is 28.6 Å². The van der Waals surface area contributed by atoms with E-state index < -0.39 is 53.1 Å². The van der Waals surface area contributed by atoms with Crippen molar-refractivity contribution < 1.29 is 41.9 Å². The molecule has 348 valence electrons. The molecule has 2 fully saturated rings. The Labute approximate surface area is 391 Å². The van der Waals surface area contributed by atoms with Crippen LogP contribution in [0.15, 0.2) is 109 Å². The summed E-state index contributed by atoms with van der Waals surface area (Å²) in [6.07, 6.45) is -1.92. The molecule has 4 N–H and O–H groups in total. The van der Waals surface area contributed by atoms with Gasteiger partial charge in [-0.05, 0) is 91.1 Å². The SMILES string of the molecule is C=C(CN(C(=O)NCc1ccc2c(c1)CN(C1CCC(=O)NC1=O)C2=O)c1ccc(C(F)(F)F)c(Cl)c1)C(=O)N1CCC[C@@H](n2nc(-c3ccc(Oc4ccccc4)cc3)c3c(N)ncnc32)C1. The summed E-state index contributed by atoms with van der Waals surface area (Å²) in [4.78, 5) is 78.6. The summed E-state index contributed by atoms with van der Waals surface area (Å²) in [5.74, 6) is -0.284. The molecule has 68 heavy (non-hydrogen) atoms. The first-order valence-electron chi connectivity index (χ1n) is 21.6. The number of carbonyl (C=O) groups excluding carboxylic acids is 5. The Balaban J connectivity index is 0.915. The van der Waals surface area contributed by atoms with Crippen molar-refractivity contribution in [2.45, 2.75) is 57.0 Å². The Bertz CT molecular complexity index is 3000. The van der Waals surface area contributed by atoms with E-state index in [1.54, 1.807) is 27.8 Å². The lowest BCUT2D eigenvalue weighted by Crippen LogP contribution is -2.52. The number of imide groups is 1. The van der Waals surface area contributed by atoms with Crippen LogP contribution < -0.4 is 26.0 Å². The van der Waals surface area contributed by atoms with Crippen LogP contribution in [-0.4, -0.2) is 84.9 Å². The van der Waals surface area contributed by atoms with Crippen molar-refractivity contribution in [3.05, 3.63) is 137 Å². The van der Waals surface area contributed by atoms with Crippen LogP contribution in [0.25, 0.3) is 22.3 Å². The predicted octanol–water partition coefficient (Wildman–Crippen LogP) is 7.44. The summed E-state index contributed by atoms with van der Waals surface area (Å²) in [6.45, 7) is 4.16. The molecule has 0 spiro atoms. The number of halogens is 4. The number of urea groups is 1. The van der Waals surface area contributed by atoms with Gasteiger partial charge in [-0.3, -0.25) is 29.4 Å².